The first-order chi connectivity index (χ1) is 10.6. The normalized spacial score (nSPS) is 18.3. The lowest BCUT2D eigenvalue weighted by atomic mass is 10.1. The summed E-state index contributed by atoms with van der Waals surface area (Å²) in [5, 5.41) is 0. The Kier molecular flexibility index (Phi) is 4.60. The van der Waals surface area contributed by atoms with E-state index in [-0.39, 0.29) is 12.0 Å². The lowest BCUT2D eigenvalue weighted by Crippen LogP contribution is -2.42. The lowest BCUT2D eigenvalue weighted by molar-refractivity contribution is -0.0228. The second-order valence-corrected chi connectivity index (χ2v) is 6.44. The molecule has 22 heavy (non-hydrogen) atoms. The zero-order chi connectivity index (χ0) is 15.5. The van der Waals surface area contributed by atoms with E-state index < -0.39 is 0 Å². The average Bonchev–Trinajstić information content (AvgIpc) is 2.56. The van der Waals surface area contributed by atoms with E-state index in [9.17, 15) is 4.79 Å². The quantitative estimate of drug-likeness (QED) is 0.811. The molecule has 1 fully saturated rings. The minimum absolute atomic E-state index is 0.0590. The average molecular weight is 360 g/mol. The summed E-state index contributed by atoms with van der Waals surface area (Å²) in [6.07, 6.45) is -0.0590. The minimum atomic E-state index is -0.0590. The highest BCUT2D eigenvalue weighted by Gasteiger charge is 2.26. The molecule has 1 aliphatic heterocycles. The summed E-state index contributed by atoms with van der Waals surface area (Å²) in [6.45, 7) is 3.82. The van der Waals surface area contributed by atoms with Gasteiger partial charge in [0.15, 0.2) is 0 Å². The Hall–Kier alpha value is -1.65. The van der Waals surface area contributed by atoms with Crippen LogP contribution >= 0.6 is 15.9 Å². The molecule has 0 aliphatic carbocycles. The van der Waals surface area contributed by atoms with Crippen molar-refractivity contribution in [2.24, 2.45) is 0 Å². The number of benzene rings is 2. The van der Waals surface area contributed by atoms with Gasteiger partial charge in [-0.1, -0.05) is 45.8 Å². The van der Waals surface area contributed by atoms with Crippen LogP contribution in [-0.4, -0.2) is 30.5 Å². The van der Waals surface area contributed by atoms with E-state index >= 15 is 0 Å². The molecule has 1 heterocycles. The highest BCUT2D eigenvalue weighted by Crippen LogP contribution is 2.24. The molecule has 114 valence electrons. The number of morpholine rings is 1. The summed E-state index contributed by atoms with van der Waals surface area (Å²) < 4.78 is 6.87. The largest absolute Gasteiger partial charge is 0.370 e. The maximum atomic E-state index is 12.6. The van der Waals surface area contributed by atoms with Gasteiger partial charge in [0.1, 0.15) is 6.10 Å². The van der Waals surface area contributed by atoms with Crippen LogP contribution < -0.4 is 0 Å². The number of hydrogen-bond donors (Lipinski definition) is 0. The maximum absolute atomic E-state index is 12.6. The molecule has 1 saturated heterocycles. The molecule has 1 unspecified atom stereocenters. The Balaban J connectivity index is 1.73. The van der Waals surface area contributed by atoms with Crippen molar-refractivity contribution in [3.63, 3.8) is 0 Å². The van der Waals surface area contributed by atoms with E-state index in [1.807, 2.05) is 60.4 Å². The van der Waals surface area contributed by atoms with Crippen LogP contribution in [0.5, 0.6) is 0 Å². The summed E-state index contributed by atoms with van der Waals surface area (Å²) in [7, 11) is 0. The standard InChI is InChI=1S/C18H18BrNO2/c1-13-2-4-15(5-3-13)18(21)20-10-11-22-17(12-20)14-6-8-16(19)9-7-14/h2-9,17H,10-12H2,1H3. The number of hydrogen-bond acceptors (Lipinski definition) is 2. The Morgan fingerprint density at radius 1 is 1.14 bits per heavy atom. The minimum Gasteiger partial charge on any atom is -0.370 e. The molecule has 0 radical (unpaired) electrons. The van der Waals surface area contributed by atoms with Gasteiger partial charge >= 0.3 is 0 Å². The van der Waals surface area contributed by atoms with Gasteiger partial charge in [0.05, 0.1) is 13.2 Å². The van der Waals surface area contributed by atoms with Gasteiger partial charge in [-0.05, 0) is 36.8 Å². The van der Waals surface area contributed by atoms with Gasteiger partial charge in [0.2, 0.25) is 0 Å². The van der Waals surface area contributed by atoms with Gasteiger partial charge in [-0.25, -0.2) is 0 Å². The Labute approximate surface area is 139 Å². The molecule has 0 spiro atoms. The number of nitrogens with zero attached hydrogens (tertiary/aromatic N) is 1. The van der Waals surface area contributed by atoms with Crippen LogP contribution in [-0.2, 0) is 4.74 Å². The molecular formula is C18H18BrNO2. The molecule has 2 aromatic carbocycles. The molecule has 0 saturated carbocycles. The molecule has 1 atom stereocenters. The number of halogens is 1. The smallest absolute Gasteiger partial charge is 0.254 e. The third-order valence-corrected chi connectivity index (χ3v) is 4.42. The van der Waals surface area contributed by atoms with Crippen molar-refractivity contribution in [2.75, 3.05) is 19.7 Å². The maximum Gasteiger partial charge on any atom is 0.254 e. The molecule has 3 nitrogen and oxygen atoms in total. The first-order valence-corrected chi connectivity index (χ1v) is 8.16. The summed E-state index contributed by atoms with van der Waals surface area (Å²) in [6, 6.07) is 15.8. The van der Waals surface area contributed by atoms with Gasteiger partial charge in [0.25, 0.3) is 5.91 Å². The van der Waals surface area contributed by atoms with Crippen LogP contribution in [0.4, 0.5) is 0 Å². The van der Waals surface area contributed by atoms with E-state index in [0.29, 0.717) is 19.7 Å². The van der Waals surface area contributed by atoms with E-state index in [2.05, 4.69) is 15.9 Å². The number of carbonyl (C=O) groups is 1. The summed E-state index contributed by atoms with van der Waals surface area (Å²) >= 11 is 3.44. The lowest BCUT2D eigenvalue weighted by Gasteiger charge is -2.33. The van der Waals surface area contributed by atoms with Crippen molar-refractivity contribution >= 4 is 21.8 Å². The number of amides is 1. The summed E-state index contributed by atoms with van der Waals surface area (Å²) in [5.41, 5.74) is 3.00. The molecule has 0 aromatic heterocycles. The molecule has 0 N–H and O–H groups in total. The SMILES string of the molecule is Cc1ccc(C(=O)N2CCOC(c3ccc(Br)cc3)C2)cc1. The summed E-state index contributed by atoms with van der Waals surface area (Å²) in [4.78, 5) is 14.5. The summed E-state index contributed by atoms with van der Waals surface area (Å²) in [5.74, 6) is 0.0745. The third-order valence-electron chi connectivity index (χ3n) is 3.89. The molecule has 1 aliphatic rings. The second-order valence-electron chi connectivity index (χ2n) is 5.53. The Morgan fingerprint density at radius 3 is 2.50 bits per heavy atom. The van der Waals surface area contributed by atoms with Crippen LogP contribution in [0.2, 0.25) is 0 Å². The fourth-order valence-electron chi connectivity index (χ4n) is 2.59. The van der Waals surface area contributed by atoms with Gasteiger partial charge < -0.3 is 9.64 Å². The van der Waals surface area contributed by atoms with Gasteiger partial charge in [0, 0.05) is 16.6 Å². The van der Waals surface area contributed by atoms with Crippen molar-refractivity contribution in [1.82, 2.24) is 4.90 Å². The number of ether oxygens (including phenoxy) is 1. The predicted molar refractivity (Wildman–Crippen MR) is 89.9 cm³/mol. The number of carbonyl (C=O) groups excluding carboxylic acids is 1. The molecule has 2 aromatic rings. The van der Waals surface area contributed by atoms with Crippen LogP contribution in [0.25, 0.3) is 0 Å². The zero-order valence-electron chi connectivity index (χ0n) is 12.5. The third kappa shape index (κ3) is 3.39. The molecule has 3 rings (SSSR count). The van der Waals surface area contributed by atoms with E-state index in [1.165, 1.54) is 0 Å². The van der Waals surface area contributed by atoms with Gasteiger partial charge in [-0.2, -0.15) is 0 Å². The van der Waals surface area contributed by atoms with Crippen molar-refractivity contribution in [1.29, 1.82) is 0 Å². The van der Waals surface area contributed by atoms with Gasteiger partial charge in [-0.15, -0.1) is 0 Å². The van der Waals surface area contributed by atoms with Crippen LogP contribution in [0.1, 0.15) is 27.6 Å². The monoisotopic (exact) mass is 359 g/mol. The van der Waals surface area contributed by atoms with Crippen molar-refractivity contribution in [3.05, 3.63) is 69.7 Å². The second kappa shape index (κ2) is 6.63. The van der Waals surface area contributed by atoms with E-state index in [4.69, 9.17) is 4.74 Å². The van der Waals surface area contributed by atoms with Gasteiger partial charge in [-0.3, -0.25) is 4.79 Å². The zero-order valence-corrected chi connectivity index (χ0v) is 14.0. The highest BCUT2D eigenvalue weighted by molar-refractivity contribution is 9.10. The first-order valence-electron chi connectivity index (χ1n) is 7.36. The van der Waals surface area contributed by atoms with Crippen molar-refractivity contribution < 1.29 is 9.53 Å². The van der Waals surface area contributed by atoms with E-state index in [1.54, 1.807) is 0 Å². The number of rotatable bonds is 2. The molecular weight excluding hydrogens is 342 g/mol. The molecule has 4 heteroatoms. The topological polar surface area (TPSA) is 29.5 Å². The van der Waals surface area contributed by atoms with Crippen LogP contribution in [0.3, 0.4) is 0 Å². The fourth-order valence-corrected chi connectivity index (χ4v) is 2.86. The Morgan fingerprint density at radius 2 is 1.82 bits per heavy atom. The van der Waals surface area contributed by atoms with E-state index in [0.717, 1.165) is 21.2 Å². The fraction of sp³-hybridized carbons (Fsp3) is 0.278. The highest BCUT2D eigenvalue weighted by atomic mass is 79.9. The van der Waals surface area contributed by atoms with Crippen molar-refractivity contribution in [2.45, 2.75) is 13.0 Å². The van der Waals surface area contributed by atoms with Crippen LogP contribution in [0, 0.1) is 6.92 Å². The molecule has 1 amide bonds. The number of aryl methyl sites for hydroxylation is 1. The van der Waals surface area contributed by atoms with Crippen LogP contribution in [0.15, 0.2) is 53.0 Å². The van der Waals surface area contributed by atoms with Crippen molar-refractivity contribution in [3.8, 4) is 0 Å². The predicted octanol–water partition coefficient (Wildman–Crippen LogP) is 3.97. The molecule has 0 bridgehead atoms. The Bertz CT molecular complexity index is 652. The first kappa shape index (κ1) is 15.3.